The van der Waals surface area contributed by atoms with Gasteiger partial charge in [-0.2, -0.15) is 0 Å². The Labute approximate surface area is 231 Å². The van der Waals surface area contributed by atoms with Crippen LogP contribution in [0.1, 0.15) is 43.3 Å². The van der Waals surface area contributed by atoms with Crippen molar-refractivity contribution in [3.63, 3.8) is 0 Å². The van der Waals surface area contributed by atoms with E-state index >= 15 is 0 Å². The van der Waals surface area contributed by atoms with Crippen molar-refractivity contribution in [3.05, 3.63) is 58.6 Å². The van der Waals surface area contributed by atoms with Crippen molar-refractivity contribution in [2.24, 2.45) is 5.41 Å². The normalized spacial score (nSPS) is 16.7. The van der Waals surface area contributed by atoms with Crippen molar-refractivity contribution in [2.45, 2.75) is 52.2 Å². The number of ether oxygens (including phenoxy) is 1. The maximum atomic E-state index is 13.3. The van der Waals surface area contributed by atoms with Crippen molar-refractivity contribution in [3.8, 4) is 0 Å². The van der Waals surface area contributed by atoms with Crippen LogP contribution in [0.5, 0.6) is 0 Å². The lowest BCUT2D eigenvalue weighted by Gasteiger charge is -2.36. The third-order valence-electron chi connectivity index (χ3n) is 7.26. The van der Waals surface area contributed by atoms with Crippen LogP contribution >= 0.6 is 11.3 Å². The Morgan fingerprint density at radius 1 is 1.05 bits per heavy atom. The largest absolute Gasteiger partial charge is 0.481 e. The van der Waals surface area contributed by atoms with Crippen LogP contribution in [0.4, 0.5) is 10.5 Å². The second kappa shape index (κ2) is 10.5. The standard InChI is InChI=1S/C29H34N4O5S/c1-28(2,3)38-27(37)33-12-10-32(11-13-33)21-8-9-22-23(14-21)39-24(31-22)18-30-26(36)29(17-25(34)35)15-19-6-4-5-7-20(19)16-29/h4-9,14H,10-13,15-18H2,1-3H3,(H,30,36)(H,34,35). The summed E-state index contributed by atoms with van der Waals surface area (Å²) in [7, 11) is 0. The quantitative estimate of drug-likeness (QED) is 0.472. The number of aliphatic carboxylic acids is 1. The highest BCUT2D eigenvalue weighted by Crippen LogP contribution is 2.40. The highest BCUT2D eigenvalue weighted by atomic mass is 32.1. The summed E-state index contributed by atoms with van der Waals surface area (Å²) in [6, 6.07) is 13.9. The number of aromatic nitrogens is 1. The number of carbonyl (C=O) groups excluding carboxylic acids is 2. The van der Waals surface area contributed by atoms with Crippen LogP contribution in [-0.2, 0) is 33.7 Å². The maximum Gasteiger partial charge on any atom is 0.410 e. The molecular formula is C29H34N4O5S. The van der Waals surface area contributed by atoms with Gasteiger partial charge in [-0.1, -0.05) is 24.3 Å². The average Bonchev–Trinajstić information content (AvgIpc) is 3.46. The molecule has 39 heavy (non-hydrogen) atoms. The van der Waals surface area contributed by atoms with Crippen LogP contribution in [0, 0.1) is 5.41 Å². The number of carbonyl (C=O) groups is 3. The fourth-order valence-corrected chi connectivity index (χ4v) is 6.34. The Morgan fingerprint density at radius 3 is 2.33 bits per heavy atom. The van der Waals surface area contributed by atoms with Gasteiger partial charge >= 0.3 is 12.1 Å². The van der Waals surface area contributed by atoms with Gasteiger partial charge in [0.1, 0.15) is 10.6 Å². The zero-order valence-electron chi connectivity index (χ0n) is 22.5. The predicted molar refractivity (Wildman–Crippen MR) is 150 cm³/mol. The molecule has 0 bridgehead atoms. The summed E-state index contributed by atoms with van der Waals surface area (Å²) in [5.74, 6) is -1.22. The molecule has 206 valence electrons. The molecule has 9 nitrogen and oxygen atoms in total. The number of hydrogen-bond acceptors (Lipinski definition) is 7. The lowest BCUT2D eigenvalue weighted by atomic mass is 9.80. The highest BCUT2D eigenvalue weighted by Gasteiger charge is 2.45. The number of fused-ring (bicyclic) bond motifs is 2. The number of piperazine rings is 1. The molecule has 3 aromatic rings. The summed E-state index contributed by atoms with van der Waals surface area (Å²) < 4.78 is 6.51. The first-order chi connectivity index (χ1) is 18.5. The number of thiazole rings is 1. The molecule has 0 spiro atoms. The summed E-state index contributed by atoms with van der Waals surface area (Å²) in [5, 5.41) is 13.3. The van der Waals surface area contributed by atoms with Crippen molar-refractivity contribution in [1.29, 1.82) is 0 Å². The van der Waals surface area contributed by atoms with E-state index in [1.165, 1.54) is 11.3 Å². The molecular weight excluding hydrogens is 516 g/mol. The maximum absolute atomic E-state index is 13.3. The number of nitrogens with zero attached hydrogens (tertiary/aromatic N) is 3. The number of benzene rings is 2. The molecule has 1 aromatic heterocycles. The molecule has 0 saturated carbocycles. The lowest BCUT2D eigenvalue weighted by Crippen LogP contribution is -2.50. The van der Waals surface area contributed by atoms with Gasteiger partial charge in [-0.3, -0.25) is 9.59 Å². The predicted octanol–water partition coefficient (Wildman–Crippen LogP) is 4.23. The Bertz CT molecular complexity index is 1380. The van der Waals surface area contributed by atoms with E-state index in [1.807, 2.05) is 57.2 Å². The molecule has 1 aliphatic carbocycles. The van der Waals surface area contributed by atoms with Gasteiger partial charge in [0.2, 0.25) is 5.91 Å². The minimum Gasteiger partial charge on any atom is -0.481 e. The molecule has 1 aliphatic heterocycles. The first-order valence-corrected chi connectivity index (χ1v) is 14.0. The number of rotatable bonds is 6. The van der Waals surface area contributed by atoms with Gasteiger partial charge in [-0.05, 0) is 62.9 Å². The zero-order chi connectivity index (χ0) is 27.8. The second-order valence-corrected chi connectivity index (χ2v) is 12.5. The number of amides is 2. The average molecular weight is 551 g/mol. The van der Waals surface area contributed by atoms with E-state index in [-0.39, 0.29) is 25.0 Å². The highest BCUT2D eigenvalue weighted by molar-refractivity contribution is 7.18. The molecule has 5 rings (SSSR count). The van der Waals surface area contributed by atoms with Gasteiger partial charge in [0.05, 0.1) is 28.6 Å². The fourth-order valence-electron chi connectivity index (χ4n) is 5.40. The third kappa shape index (κ3) is 6.00. The molecule has 2 aliphatic rings. The number of carboxylic acid groups (broad SMARTS) is 1. The van der Waals surface area contributed by atoms with Crippen LogP contribution in [-0.4, -0.2) is 64.7 Å². The minimum atomic E-state index is -0.985. The van der Waals surface area contributed by atoms with Crippen molar-refractivity contribution in [1.82, 2.24) is 15.2 Å². The van der Waals surface area contributed by atoms with Crippen LogP contribution in [0.15, 0.2) is 42.5 Å². The van der Waals surface area contributed by atoms with Gasteiger partial charge in [0, 0.05) is 31.9 Å². The summed E-state index contributed by atoms with van der Waals surface area (Å²) in [5.41, 5.74) is 2.49. The van der Waals surface area contributed by atoms with Crippen LogP contribution < -0.4 is 10.2 Å². The van der Waals surface area contributed by atoms with E-state index in [4.69, 9.17) is 4.74 Å². The molecule has 0 unspecified atom stereocenters. The Balaban J connectivity index is 1.22. The van der Waals surface area contributed by atoms with Crippen molar-refractivity contribution >= 4 is 45.2 Å². The third-order valence-corrected chi connectivity index (χ3v) is 8.28. The Hall–Kier alpha value is -3.66. The van der Waals surface area contributed by atoms with Crippen molar-refractivity contribution < 1.29 is 24.2 Å². The molecule has 1 fully saturated rings. The second-order valence-electron chi connectivity index (χ2n) is 11.4. The fraction of sp³-hybridized carbons (Fsp3) is 0.448. The van der Waals surface area contributed by atoms with Crippen LogP contribution in [0.25, 0.3) is 10.2 Å². The SMILES string of the molecule is CC(C)(C)OC(=O)N1CCN(c2ccc3nc(CNC(=O)C4(CC(=O)O)Cc5ccccc5C4)sc3c2)CC1. The zero-order valence-corrected chi connectivity index (χ0v) is 23.3. The first kappa shape index (κ1) is 26.9. The van der Waals surface area contributed by atoms with Gasteiger partial charge in [-0.15, -0.1) is 11.3 Å². The van der Waals surface area contributed by atoms with E-state index in [9.17, 15) is 19.5 Å². The van der Waals surface area contributed by atoms with E-state index in [2.05, 4.69) is 21.3 Å². The molecule has 1 saturated heterocycles. The minimum absolute atomic E-state index is 0.210. The monoisotopic (exact) mass is 550 g/mol. The van der Waals surface area contributed by atoms with Gasteiger partial charge in [0.15, 0.2) is 0 Å². The summed E-state index contributed by atoms with van der Waals surface area (Å²) in [4.78, 5) is 46.0. The molecule has 2 aromatic carbocycles. The van der Waals surface area contributed by atoms with E-state index < -0.39 is 17.0 Å². The number of anilines is 1. The van der Waals surface area contributed by atoms with Gasteiger partial charge in [0.25, 0.3) is 0 Å². The molecule has 2 amide bonds. The smallest absolute Gasteiger partial charge is 0.410 e. The van der Waals surface area contributed by atoms with Gasteiger partial charge < -0.3 is 25.0 Å². The number of carboxylic acids is 1. The number of hydrogen-bond donors (Lipinski definition) is 2. The summed E-state index contributed by atoms with van der Waals surface area (Å²) in [6.07, 6.45) is 0.355. The molecule has 10 heteroatoms. The Morgan fingerprint density at radius 2 is 1.72 bits per heavy atom. The first-order valence-electron chi connectivity index (χ1n) is 13.2. The van der Waals surface area contributed by atoms with Crippen LogP contribution in [0.2, 0.25) is 0 Å². The molecule has 2 heterocycles. The van der Waals surface area contributed by atoms with E-state index in [0.29, 0.717) is 39.0 Å². The van der Waals surface area contributed by atoms with Crippen molar-refractivity contribution in [2.75, 3.05) is 31.1 Å². The molecule has 0 atom stereocenters. The van der Waals surface area contributed by atoms with Gasteiger partial charge in [-0.25, -0.2) is 9.78 Å². The van der Waals surface area contributed by atoms with E-state index in [1.54, 1.807) is 4.90 Å². The topological polar surface area (TPSA) is 112 Å². The number of nitrogens with one attached hydrogen (secondary N) is 1. The molecule has 0 radical (unpaired) electrons. The summed E-state index contributed by atoms with van der Waals surface area (Å²) >= 11 is 1.52. The molecule has 2 N–H and O–H groups in total. The van der Waals surface area contributed by atoms with Crippen LogP contribution in [0.3, 0.4) is 0 Å². The summed E-state index contributed by atoms with van der Waals surface area (Å²) in [6.45, 7) is 8.46. The Kier molecular flexibility index (Phi) is 7.24. The lowest BCUT2D eigenvalue weighted by molar-refractivity contribution is -0.145. The van der Waals surface area contributed by atoms with E-state index in [0.717, 1.165) is 32.0 Å².